The predicted molar refractivity (Wildman–Crippen MR) is 68.5 cm³/mol. The Kier molecular flexibility index (Phi) is 6.86. The van der Waals surface area contributed by atoms with Crippen LogP contribution in [0.2, 0.25) is 0 Å². The van der Waals surface area contributed by atoms with Crippen LogP contribution in [0.5, 0.6) is 0 Å². The Hall–Kier alpha value is -0.860. The average Bonchev–Trinajstić information content (AvgIpc) is 2.31. The Bertz CT molecular complexity index is 269. The Morgan fingerprint density at radius 1 is 1.06 bits per heavy atom. The third-order valence-corrected chi connectivity index (χ3v) is 2.65. The molecule has 0 fully saturated rings. The van der Waals surface area contributed by atoms with Crippen molar-refractivity contribution in [2.75, 3.05) is 13.2 Å². The molecule has 0 spiro atoms. The van der Waals surface area contributed by atoms with E-state index in [1.807, 2.05) is 0 Å². The zero-order valence-electron chi connectivity index (χ0n) is 10.2. The highest BCUT2D eigenvalue weighted by Gasteiger charge is 1.94. The molecule has 0 radical (unpaired) electrons. The van der Waals surface area contributed by atoms with Gasteiger partial charge in [0.1, 0.15) is 0 Å². The smallest absolute Gasteiger partial charge is 0.0431 e. The second-order valence-corrected chi connectivity index (χ2v) is 4.17. The van der Waals surface area contributed by atoms with Crippen molar-refractivity contribution in [1.82, 2.24) is 5.32 Å². The molecule has 1 rings (SSSR count). The van der Waals surface area contributed by atoms with E-state index in [9.17, 15) is 0 Å². The number of aliphatic hydroxyl groups is 1. The molecule has 2 heteroatoms. The Labute approximate surface area is 98.7 Å². The first-order valence-electron chi connectivity index (χ1n) is 6.26. The summed E-state index contributed by atoms with van der Waals surface area (Å²) in [6.45, 7) is 4.42. The standard InChI is InChI=1S/C14H23NO/c1-2-5-13-6-8-14(9-7-13)12-15-10-3-4-11-16/h6-9,15-16H,2-5,10-12H2,1H3. The van der Waals surface area contributed by atoms with Crippen LogP contribution in [-0.4, -0.2) is 18.3 Å². The molecule has 90 valence electrons. The molecule has 0 aliphatic heterocycles. The number of nitrogens with one attached hydrogen (secondary N) is 1. The van der Waals surface area contributed by atoms with Gasteiger partial charge in [-0.05, 0) is 36.9 Å². The van der Waals surface area contributed by atoms with Gasteiger partial charge in [-0.25, -0.2) is 0 Å². The van der Waals surface area contributed by atoms with Gasteiger partial charge < -0.3 is 10.4 Å². The van der Waals surface area contributed by atoms with Crippen molar-refractivity contribution in [2.24, 2.45) is 0 Å². The normalized spacial score (nSPS) is 10.6. The molecule has 0 amide bonds. The Balaban J connectivity index is 2.21. The van der Waals surface area contributed by atoms with Gasteiger partial charge in [-0.3, -0.25) is 0 Å². The minimum absolute atomic E-state index is 0.299. The molecule has 0 atom stereocenters. The first kappa shape index (κ1) is 13.2. The zero-order chi connectivity index (χ0) is 11.6. The Morgan fingerprint density at radius 2 is 1.75 bits per heavy atom. The van der Waals surface area contributed by atoms with Crippen LogP contribution in [0.4, 0.5) is 0 Å². The predicted octanol–water partition coefficient (Wildman–Crippen LogP) is 2.50. The van der Waals surface area contributed by atoms with E-state index < -0.39 is 0 Å². The van der Waals surface area contributed by atoms with E-state index in [2.05, 4.69) is 36.5 Å². The number of benzene rings is 1. The van der Waals surface area contributed by atoms with Crippen molar-refractivity contribution < 1.29 is 5.11 Å². The molecular weight excluding hydrogens is 198 g/mol. The van der Waals surface area contributed by atoms with Crippen molar-refractivity contribution in [3.8, 4) is 0 Å². The van der Waals surface area contributed by atoms with E-state index in [1.165, 1.54) is 24.0 Å². The summed E-state index contributed by atoms with van der Waals surface area (Å²) in [6.07, 6.45) is 4.32. The van der Waals surface area contributed by atoms with Gasteiger partial charge >= 0.3 is 0 Å². The number of unbranched alkanes of at least 4 members (excludes halogenated alkanes) is 1. The second-order valence-electron chi connectivity index (χ2n) is 4.17. The summed E-state index contributed by atoms with van der Waals surface area (Å²) in [5.74, 6) is 0. The maximum absolute atomic E-state index is 8.64. The second kappa shape index (κ2) is 8.31. The molecule has 0 unspecified atom stereocenters. The number of hydrogen-bond donors (Lipinski definition) is 2. The van der Waals surface area contributed by atoms with Crippen LogP contribution in [0.25, 0.3) is 0 Å². The first-order chi connectivity index (χ1) is 7.86. The van der Waals surface area contributed by atoms with Gasteiger partial charge in [0, 0.05) is 13.2 Å². The molecule has 0 saturated carbocycles. The van der Waals surface area contributed by atoms with Crippen LogP contribution in [0, 0.1) is 0 Å². The summed E-state index contributed by atoms with van der Waals surface area (Å²) in [4.78, 5) is 0. The van der Waals surface area contributed by atoms with Gasteiger partial charge in [-0.1, -0.05) is 37.6 Å². The molecule has 16 heavy (non-hydrogen) atoms. The molecule has 0 heterocycles. The fraction of sp³-hybridized carbons (Fsp3) is 0.571. The van der Waals surface area contributed by atoms with Crippen molar-refractivity contribution in [1.29, 1.82) is 0 Å². The molecule has 0 saturated heterocycles. The quantitative estimate of drug-likeness (QED) is 0.661. The molecule has 2 nitrogen and oxygen atoms in total. The summed E-state index contributed by atoms with van der Waals surface area (Å²) >= 11 is 0. The number of rotatable bonds is 8. The van der Waals surface area contributed by atoms with Gasteiger partial charge in [-0.2, -0.15) is 0 Å². The molecule has 1 aromatic rings. The molecule has 0 aliphatic rings. The van der Waals surface area contributed by atoms with Crippen LogP contribution >= 0.6 is 0 Å². The molecule has 0 aliphatic carbocycles. The molecule has 0 aromatic heterocycles. The first-order valence-corrected chi connectivity index (χ1v) is 6.26. The topological polar surface area (TPSA) is 32.3 Å². The molecule has 2 N–H and O–H groups in total. The van der Waals surface area contributed by atoms with Gasteiger partial charge in [0.2, 0.25) is 0 Å². The molecular formula is C14H23NO. The van der Waals surface area contributed by atoms with Gasteiger partial charge in [0.15, 0.2) is 0 Å². The highest BCUT2D eigenvalue weighted by atomic mass is 16.2. The van der Waals surface area contributed by atoms with E-state index in [0.717, 1.165) is 25.9 Å². The maximum atomic E-state index is 8.64. The summed E-state index contributed by atoms with van der Waals surface area (Å²) in [5.41, 5.74) is 2.76. The Morgan fingerprint density at radius 3 is 2.38 bits per heavy atom. The van der Waals surface area contributed by atoms with E-state index in [4.69, 9.17) is 5.11 Å². The summed E-state index contributed by atoms with van der Waals surface area (Å²) in [5, 5.41) is 12.0. The zero-order valence-corrected chi connectivity index (χ0v) is 10.2. The highest BCUT2D eigenvalue weighted by Crippen LogP contribution is 2.06. The SMILES string of the molecule is CCCc1ccc(CNCCCCO)cc1. The van der Waals surface area contributed by atoms with Gasteiger partial charge in [0.05, 0.1) is 0 Å². The average molecular weight is 221 g/mol. The van der Waals surface area contributed by atoms with Crippen LogP contribution in [0.3, 0.4) is 0 Å². The van der Waals surface area contributed by atoms with E-state index in [0.29, 0.717) is 6.61 Å². The van der Waals surface area contributed by atoms with Crippen LogP contribution < -0.4 is 5.32 Å². The van der Waals surface area contributed by atoms with Crippen molar-refractivity contribution >= 4 is 0 Å². The minimum Gasteiger partial charge on any atom is -0.396 e. The molecule has 1 aromatic carbocycles. The van der Waals surface area contributed by atoms with Crippen molar-refractivity contribution in [3.63, 3.8) is 0 Å². The van der Waals surface area contributed by atoms with Gasteiger partial charge in [0.25, 0.3) is 0 Å². The largest absolute Gasteiger partial charge is 0.396 e. The maximum Gasteiger partial charge on any atom is 0.0431 e. The number of hydrogen-bond acceptors (Lipinski definition) is 2. The van der Waals surface area contributed by atoms with Crippen molar-refractivity contribution in [2.45, 2.75) is 39.2 Å². The number of aliphatic hydroxyl groups excluding tert-OH is 1. The summed E-state index contributed by atoms with van der Waals surface area (Å²) < 4.78 is 0. The lowest BCUT2D eigenvalue weighted by Crippen LogP contribution is -2.14. The molecule has 0 bridgehead atoms. The monoisotopic (exact) mass is 221 g/mol. The summed E-state index contributed by atoms with van der Waals surface area (Å²) in [6, 6.07) is 8.83. The van der Waals surface area contributed by atoms with E-state index >= 15 is 0 Å². The lowest BCUT2D eigenvalue weighted by molar-refractivity contribution is 0.283. The van der Waals surface area contributed by atoms with Crippen LogP contribution in [0.15, 0.2) is 24.3 Å². The lowest BCUT2D eigenvalue weighted by atomic mass is 10.1. The third-order valence-electron chi connectivity index (χ3n) is 2.65. The fourth-order valence-electron chi connectivity index (χ4n) is 1.71. The summed E-state index contributed by atoms with van der Waals surface area (Å²) in [7, 11) is 0. The lowest BCUT2D eigenvalue weighted by Gasteiger charge is -2.05. The van der Waals surface area contributed by atoms with Crippen LogP contribution in [-0.2, 0) is 13.0 Å². The minimum atomic E-state index is 0.299. The van der Waals surface area contributed by atoms with E-state index in [1.54, 1.807) is 0 Å². The van der Waals surface area contributed by atoms with Crippen LogP contribution in [0.1, 0.15) is 37.3 Å². The van der Waals surface area contributed by atoms with Crippen molar-refractivity contribution in [3.05, 3.63) is 35.4 Å². The number of aryl methyl sites for hydroxylation is 1. The third kappa shape index (κ3) is 5.29. The highest BCUT2D eigenvalue weighted by molar-refractivity contribution is 5.22. The van der Waals surface area contributed by atoms with Gasteiger partial charge in [-0.15, -0.1) is 0 Å². The fourth-order valence-corrected chi connectivity index (χ4v) is 1.71. The van der Waals surface area contributed by atoms with E-state index in [-0.39, 0.29) is 0 Å².